The van der Waals surface area contributed by atoms with Gasteiger partial charge in [0.15, 0.2) is 6.10 Å². The Kier molecular flexibility index (Phi) is 5.99. The Hall–Kier alpha value is -2.79. The van der Waals surface area contributed by atoms with Gasteiger partial charge >= 0.3 is 5.63 Å². The van der Waals surface area contributed by atoms with Crippen molar-refractivity contribution in [3.8, 4) is 5.75 Å². The SMILES string of the molecule is Cc1cccc(C(C)C)c1NC(=O)C(C)Oc1cc2oc(=O)cc(C)c2cc1Cl. The number of carbonyl (C=O) groups excluding carboxylic acids is 1. The van der Waals surface area contributed by atoms with Gasteiger partial charge in [-0.25, -0.2) is 4.79 Å². The third-order valence-electron chi connectivity index (χ3n) is 4.85. The van der Waals surface area contributed by atoms with Crippen molar-refractivity contribution < 1.29 is 13.9 Å². The number of rotatable bonds is 5. The van der Waals surface area contributed by atoms with Crippen molar-refractivity contribution >= 4 is 34.2 Å². The van der Waals surface area contributed by atoms with Gasteiger partial charge in [0.1, 0.15) is 11.3 Å². The van der Waals surface area contributed by atoms with Crippen molar-refractivity contribution in [3.05, 3.63) is 68.5 Å². The number of amides is 1. The Morgan fingerprint density at radius 3 is 2.52 bits per heavy atom. The Labute approximate surface area is 174 Å². The number of para-hydroxylation sites is 1. The molecule has 6 heteroatoms. The van der Waals surface area contributed by atoms with Crippen LogP contribution in [0, 0.1) is 13.8 Å². The number of benzene rings is 2. The first-order valence-electron chi connectivity index (χ1n) is 9.48. The van der Waals surface area contributed by atoms with E-state index in [1.165, 1.54) is 6.07 Å². The van der Waals surface area contributed by atoms with Crippen molar-refractivity contribution in [2.24, 2.45) is 0 Å². The minimum Gasteiger partial charge on any atom is -0.479 e. The second-order valence-corrected chi connectivity index (χ2v) is 7.88. The maximum Gasteiger partial charge on any atom is 0.336 e. The van der Waals surface area contributed by atoms with Crippen LogP contribution in [-0.2, 0) is 4.79 Å². The summed E-state index contributed by atoms with van der Waals surface area (Å²) in [6.07, 6.45) is -0.805. The quantitative estimate of drug-likeness (QED) is 0.553. The first-order valence-corrected chi connectivity index (χ1v) is 9.86. The topological polar surface area (TPSA) is 68.5 Å². The summed E-state index contributed by atoms with van der Waals surface area (Å²) >= 11 is 6.34. The molecule has 0 saturated heterocycles. The third-order valence-corrected chi connectivity index (χ3v) is 5.15. The maximum absolute atomic E-state index is 12.8. The highest BCUT2D eigenvalue weighted by atomic mass is 35.5. The molecule has 0 aliphatic heterocycles. The van der Waals surface area contributed by atoms with Crippen LogP contribution in [-0.4, -0.2) is 12.0 Å². The summed E-state index contributed by atoms with van der Waals surface area (Å²) in [5.41, 5.74) is 3.52. The molecule has 0 saturated carbocycles. The van der Waals surface area contributed by atoms with Crippen LogP contribution in [0.5, 0.6) is 5.75 Å². The molecule has 1 unspecified atom stereocenters. The summed E-state index contributed by atoms with van der Waals surface area (Å²) in [7, 11) is 0. The fourth-order valence-corrected chi connectivity index (χ4v) is 3.43. The molecule has 0 aliphatic carbocycles. The zero-order valence-electron chi connectivity index (χ0n) is 17.1. The summed E-state index contributed by atoms with van der Waals surface area (Å²) in [6, 6.07) is 10.6. The van der Waals surface area contributed by atoms with Gasteiger partial charge in [-0.2, -0.15) is 0 Å². The normalized spacial score (nSPS) is 12.2. The highest BCUT2D eigenvalue weighted by molar-refractivity contribution is 6.32. The third kappa shape index (κ3) is 4.46. The molecule has 1 atom stereocenters. The zero-order chi connectivity index (χ0) is 21.3. The minimum atomic E-state index is -0.805. The van der Waals surface area contributed by atoms with Crippen molar-refractivity contribution in [2.75, 3.05) is 5.32 Å². The van der Waals surface area contributed by atoms with Crippen molar-refractivity contribution in [3.63, 3.8) is 0 Å². The van der Waals surface area contributed by atoms with E-state index < -0.39 is 11.7 Å². The zero-order valence-corrected chi connectivity index (χ0v) is 17.9. The highest BCUT2D eigenvalue weighted by Gasteiger charge is 2.20. The number of anilines is 1. The van der Waals surface area contributed by atoms with E-state index in [1.807, 2.05) is 25.1 Å². The lowest BCUT2D eigenvalue weighted by molar-refractivity contribution is -0.122. The number of fused-ring (bicyclic) bond motifs is 1. The fraction of sp³-hybridized carbons (Fsp3) is 0.304. The van der Waals surface area contributed by atoms with E-state index in [0.717, 1.165) is 27.8 Å². The molecule has 29 heavy (non-hydrogen) atoms. The summed E-state index contributed by atoms with van der Waals surface area (Å²) in [5.74, 6) is 0.259. The lowest BCUT2D eigenvalue weighted by Crippen LogP contribution is -2.31. The Balaban J connectivity index is 1.85. The second-order valence-electron chi connectivity index (χ2n) is 7.47. The van der Waals surface area contributed by atoms with Crippen molar-refractivity contribution in [1.82, 2.24) is 0 Å². The van der Waals surface area contributed by atoms with Gasteiger partial charge in [-0.1, -0.05) is 43.6 Å². The van der Waals surface area contributed by atoms with Gasteiger partial charge in [0.25, 0.3) is 5.91 Å². The Morgan fingerprint density at radius 1 is 1.10 bits per heavy atom. The Bertz CT molecular complexity index is 1130. The molecule has 0 bridgehead atoms. The van der Waals surface area contributed by atoms with Gasteiger partial charge < -0.3 is 14.5 Å². The van der Waals surface area contributed by atoms with Crippen LogP contribution in [0.25, 0.3) is 11.0 Å². The molecular formula is C23H24ClNO4. The fourth-order valence-electron chi connectivity index (χ4n) is 3.22. The summed E-state index contributed by atoms with van der Waals surface area (Å²) in [6.45, 7) is 9.57. The van der Waals surface area contributed by atoms with Gasteiger partial charge in [-0.3, -0.25) is 4.79 Å². The van der Waals surface area contributed by atoms with Crippen LogP contribution < -0.4 is 15.7 Å². The lowest BCUT2D eigenvalue weighted by atomic mass is 9.98. The van der Waals surface area contributed by atoms with E-state index >= 15 is 0 Å². The second kappa shape index (κ2) is 8.29. The largest absolute Gasteiger partial charge is 0.479 e. The van der Waals surface area contributed by atoms with Gasteiger partial charge in [-0.15, -0.1) is 0 Å². The van der Waals surface area contributed by atoms with Crippen LogP contribution in [0.1, 0.15) is 43.4 Å². The summed E-state index contributed by atoms with van der Waals surface area (Å²) in [4.78, 5) is 24.4. The first kappa shape index (κ1) is 20.9. The van der Waals surface area contributed by atoms with Crippen LogP contribution in [0.4, 0.5) is 5.69 Å². The van der Waals surface area contributed by atoms with E-state index in [2.05, 4.69) is 19.2 Å². The first-order chi connectivity index (χ1) is 13.7. The van der Waals surface area contributed by atoms with E-state index in [-0.39, 0.29) is 17.6 Å². The molecule has 2 aromatic carbocycles. The van der Waals surface area contributed by atoms with Crippen LogP contribution in [0.2, 0.25) is 5.02 Å². The van der Waals surface area contributed by atoms with Crippen molar-refractivity contribution in [1.29, 1.82) is 0 Å². The van der Waals surface area contributed by atoms with E-state index in [0.29, 0.717) is 10.6 Å². The van der Waals surface area contributed by atoms with Crippen LogP contribution in [0.15, 0.2) is 45.6 Å². The molecule has 0 radical (unpaired) electrons. The number of nitrogens with one attached hydrogen (secondary N) is 1. The monoisotopic (exact) mass is 413 g/mol. The molecule has 0 aliphatic rings. The van der Waals surface area contributed by atoms with E-state index in [4.69, 9.17) is 20.8 Å². The molecule has 0 fully saturated rings. The molecule has 3 rings (SSSR count). The predicted octanol–water partition coefficient (Wildman–Crippen LogP) is 5.59. The molecule has 5 nitrogen and oxygen atoms in total. The van der Waals surface area contributed by atoms with Crippen molar-refractivity contribution in [2.45, 2.75) is 46.6 Å². The standard InChI is InChI=1S/C23H24ClNO4/c1-12(2)16-8-6-7-13(3)22(16)25-23(27)15(5)28-20-11-19-17(10-18(20)24)14(4)9-21(26)29-19/h6-12,15H,1-5H3,(H,25,27). The summed E-state index contributed by atoms with van der Waals surface area (Å²) < 4.78 is 11.0. The number of hydrogen-bond acceptors (Lipinski definition) is 4. The van der Waals surface area contributed by atoms with Crippen LogP contribution >= 0.6 is 11.6 Å². The van der Waals surface area contributed by atoms with E-state index in [9.17, 15) is 9.59 Å². The number of ether oxygens (including phenoxy) is 1. The smallest absolute Gasteiger partial charge is 0.336 e. The molecule has 152 valence electrons. The molecular weight excluding hydrogens is 390 g/mol. The molecule has 0 spiro atoms. The van der Waals surface area contributed by atoms with Gasteiger partial charge in [0.2, 0.25) is 0 Å². The molecule has 1 heterocycles. The highest BCUT2D eigenvalue weighted by Crippen LogP contribution is 2.32. The Morgan fingerprint density at radius 2 is 1.83 bits per heavy atom. The number of hydrogen-bond donors (Lipinski definition) is 1. The molecule has 1 amide bonds. The lowest BCUT2D eigenvalue weighted by Gasteiger charge is -2.20. The van der Waals surface area contributed by atoms with Gasteiger partial charge in [-0.05, 0) is 49.4 Å². The average Bonchev–Trinajstić information content (AvgIpc) is 2.64. The average molecular weight is 414 g/mol. The number of aryl methyl sites for hydroxylation is 2. The summed E-state index contributed by atoms with van der Waals surface area (Å²) in [5, 5.41) is 4.04. The van der Waals surface area contributed by atoms with Gasteiger partial charge in [0.05, 0.1) is 5.02 Å². The predicted molar refractivity (Wildman–Crippen MR) is 116 cm³/mol. The van der Waals surface area contributed by atoms with Crippen LogP contribution in [0.3, 0.4) is 0 Å². The molecule has 1 aromatic heterocycles. The molecule has 3 aromatic rings. The minimum absolute atomic E-state index is 0.266. The maximum atomic E-state index is 12.8. The molecule has 1 N–H and O–H groups in total. The van der Waals surface area contributed by atoms with Gasteiger partial charge in [0, 0.05) is 23.2 Å². The number of halogens is 1. The van der Waals surface area contributed by atoms with E-state index in [1.54, 1.807) is 26.0 Å². The number of carbonyl (C=O) groups is 1.